The van der Waals surface area contributed by atoms with E-state index < -0.39 is 32.5 Å². The van der Waals surface area contributed by atoms with Crippen LogP contribution < -0.4 is 0 Å². The van der Waals surface area contributed by atoms with Crippen molar-refractivity contribution < 1.29 is 42.1 Å². The minimum Gasteiger partial charge on any atom is -0.462 e. The van der Waals surface area contributed by atoms with Gasteiger partial charge in [-0.3, -0.25) is 18.6 Å². The smallest absolute Gasteiger partial charge is 0.462 e. The zero-order chi connectivity index (χ0) is 42.8. The fraction of sp³-hybridized carbons (Fsp3) is 0.667. The third-order valence-corrected chi connectivity index (χ3v) is 9.88. The molecule has 0 aliphatic rings. The molecule has 10 heteroatoms. The van der Waals surface area contributed by atoms with Gasteiger partial charge in [0, 0.05) is 12.8 Å². The first-order valence-corrected chi connectivity index (χ1v) is 23.8. The number of phosphoric acid groups is 1. The SMILES string of the molecule is CCCCC/C=C\C/C=C\C/C=C\C/C=C\CCCC(=O)OC[C@H](COP(=O)(O)OCC[N+](C)(C)C)OC(=O)CCC/C=C\C/C=C\C/C=C\CCCCCCCC. The maximum atomic E-state index is 12.7. The number of nitrogens with zero attached hydrogens (tertiary/aromatic N) is 1. The molecule has 9 nitrogen and oxygen atoms in total. The van der Waals surface area contributed by atoms with Crippen molar-refractivity contribution in [1.29, 1.82) is 0 Å². The van der Waals surface area contributed by atoms with Crippen LogP contribution in [0.25, 0.3) is 0 Å². The van der Waals surface area contributed by atoms with Crippen LogP contribution in [0.4, 0.5) is 0 Å². The maximum absolute atomic E-state index is 12.7. The highest BCUT2D eigenvalue weighted by molar-refractivity contribution is 7.47. The van der Waals surface area contributed by atoms with Gasteiger partial charge >= 0.3 is 19.8 Å². The van der Waals surface area contributed by atoms with Gasteiger partial charge in [-0.05, 0) is 83.5 Å². The highest BCUT2D eigenvalue weighted by Crippen LogP contribution is 2.43. The second kappa shape index (κ2) is 39.6. The molecule has 0 amide bonds. The molecule has 2 atom stereocenters. The number of esters is 2. The summed E-state index contributed by atoms with van der Waals surface area (Å²) < 4.78 is 34.2. The standard InChI is InChI=1S/C48H82NO8P/c1-6-8-10-12-14-16-18-20-22-24-26-28-30-32-34-36-38-40-47(50)54-44-46(45-56-58(52,53)55-43-42-49(3,4)5)57-48(51)41-39-37-35-33-31-29-27-25-23-21-19-17-15-13-11-9-7-2/h14,16,20-23,26-29,32-35,46H,6-13,15,17-19,24-25,30-31,36-45H2,1-5H3/p+1/b16-14-,22-20-,23-21-,28-26-,29-27-,34-32-,35-33-/t46-/m1/s1. The predicted octanol–water partition coefficient (Wildman–Crippen LogP) is 12.8. The molecule has 0 saturated carbocycles. The van der Waals surface area contributed by atoms with Crippen LogP contribution in [0, 0.1) is 0 Å². The Hall–Kier alpha value is -2.81. The average Bonchev–Trinajstić information content (AvgIpc) is 3.17. The molecule has 0 aromatic rings. The Morgan fingerprint density at radius 2 is 0.931 bits per heavy atom. The lowest BCUT2D eigenvalue weighted by atomic mass is 10.1. The monoisotopic (exact) mass is 833 g/mol. The van der Waals surface area contributed by atoms with E-state index in [0.717, 1.165) is 44.9 Å². The Kier molecular flexibility index (Phi) is 37.7. The fourth-order valence-electron chi connectivity index (χ4n) is 5.37. The third-order valence-electron chi connectivity index (χ3n) is 8.90. The van der Waals surface area contributed by atoms with Gasteiger partial charge in [0.1, 0.15) is 19.8 Å². The van der Waals surface area contributed by atoms with Gasteiger partial charge in [0.05, 0.1) is 27.7 Å². The van der Waals surface area contributed by atoms with Gasteiger partial charge < -0.3 is 18.9 Å². The van der Waals surface area contributed by atoms with Gasteiger partial charge in [0.2, 0.25) is 0 Å². The summed E-state index contributed by atoms with van der Waals surface area (Å²) in [7, 11) is 1.40. The first kappa shape index (κ1) is 55.2. The van der Waals surface area contributed by atoms with Crippen LogP contribution in [0.15, 0.2) is 85.1 Å². The molecular formula is C48H83NO8P+. The van der Waals surface area contributed by atoms with E-state index >= 15 is 0 Å². The number of allylic oxidation sites excluding steroid dienone is 14. The molecule has 1 unspecified atom stereocenters. The summed E-state index contributed by atoms with van der Waals surface area (Å²) in [4.78, 5) is 35.3. The van der Waals surface area contributed by atoms with Crippen molar-refractivity contribution in [1.82, 2.24) is 0 Å². The normalized spacial score (nSPS) is 14.4. The van der Waals surface area contributed by atoms with Crippen molar-refractivity contribution in [3.63, 3.8) is 0 Å². The summed E-state index contributed by atoms with van der Waals surface area (Å²) in [5.74, 6) is -0.934. The van der Waals surface area contributed by atoms with Gasteiger partial charge in [-0.25, -0.2) is 4.57 Å². The molecule has 0 radical (unpaired) electrons. The van der Waals surface area contributed by atoms with Crippen molar-refractivity contribution in [2.24, 2.45) is 0 Å². The summed E-state index contributed by atoms with van der Waals surface area (Å²) in [5.41, 5.74) is 0. The molecule has 1 N–H and O–H groups in total. The van der Waals surface area contributed by atoms with Crippen LogP contribution in [-0.2, 0) is 32.7 Å². The van der Waals surface area contributed by atoms with E-state index in [1.165, 1.54) is 64.2 Å². The quantitative estimate of drug-likeness (QED) is 0.0214. The van der Waals surface area contributed by atoms with E-state index in [-0.39, 0.29) is 26.1 Å². The lowest BCUT2D eigenvalue weighted by molar-refractivity contribution is -0.870. The van der Waals surface area contributed by atoms with Crippen LogP contribution in [0.1, 0.15) is 155 Å². The molecule has 0 bridgehead atoms. The van der Waals surface area contributed by atoms with Crippen molar-refractivity contribution in [3.8, 4) is 0 Å². The van der Waals surface area contributed by atoms with Crippen LogP contribution >= 0.6 is 7.82 Å². The molecule has 0 aliphatic heterocycles. The zero-order valence-electron chi connectivity index (χ0n) is 37.2. The summed E-state index contributed by atoms with van der Waals surface area (Å²) in [5, 5.41) is 0. The third kappa shape index (κ3) is 42.8. The van der Waals surface area contributed by atoms with E-state index in [4.69, 9.17) is 18.5 Å². The number of ether oxygens (including phenoxy) is 2. The van der Waals surface area contributed by atoms with E-state index in [9.17, 15) is 19.0 Å². The number of quaternary nitrogens is 1. The van der Waals surface area contributed by atoms with Crippen molar-refractivity contribution >= 4 is 19.8 Å². The number of rotatable bonds is 39. The van der Waals surface area contributed by atoms with Gasteiger partial charge in [-0.2, -0.15) is 0 Å². The molecule has 0 aromatic carbocycles. The van der Waals surface area contributed by atoms with Crippen molar-refractivity contribution in [2.75, 3.05) is 47.5 Å². The zero-order valence-corrected chi connectivity index (χ0v) is 38.1. The second-order valence-electron chi connectivity index (χ2n) is 15.7. The van der Waals surface area contributed by atoms with Crippen molar-refractivity contribution in [3.05, 3.63) is 85.1 Å². The molecule has 0 heterocycles. The molecule has 0 aromatic heterocycles. The first-order valence-electron chi connectivity index (χ1n) is 22.3. The Bertz CT molecular complexity index is 1260. The lowest BCUT2D eigenvalue weighted by Gasteiger charge is -2.24. The predicted molar refractivity (Wildman–Crippen MR) is 242 cm³/mol. The van der Waals surface area contributed by atoms with E-state index in [2.05, 4.69) is 92.8 Å². The van der Waals surface area contributed by atoms with Crippen LogP contribution in [0.5, 0.6) is 0 Å². The van der Waals surface area contributed by atoms with Gasteiger partial charge in [-0.1, -0.05) is 144 Å². The Morgan fingerprint density at radius 3 is 1.41 bits per heavy atom. The molecular weight excluding hydrogens is 750 g/mol. The van der Waals surface area contributed by atoms with Crippen LogP contribution in [0.2, 0.25) is 0 Å². The molecule has 332 valence electrons. The maximum Gasteiger partial charge on any atom is 0.472 e. The van der Waals surface area contributed by atoms with Gasteiger partial charge in [-0.15, -0.1) is 0 Å². The summed E-state index contributed by atoms with van der Waals surface area (Å²) in [6.07, 6.45) is 50.8. The second-order valence-corrected chi connectivity index (χ2v) is 17.2. The largest absolute Gasteiger partial charge is 0.472 e. The molecule has 58 heavy (non-hydrogen) atoms. The molecule has 0 fully saturated rings. The minimum atomic E-state index is -4.41. The average molecular weight is 833 g/mol. The van der Waals surface area contributed by atoms with Crippen LogP contribution in [0.3, 0.4) is 0 Å². The van der Waals surface area contributed by atoms with E-state index in [0.29, 0.717) is 30.3 Å². The lowest BCUT2D eigenvalue weighted by Crippen LogP contribution is -2.37. The Morgan fingerprint density at radius 1 is 0.534 bits per heavy atom. The summed E-state index contributed by atoms with van der Waals surface area (Å²) in [6.45, 7) is 4.24. The van der Waals surface area contributed by atoms with E-state index in [1.54, 1.807) is 0 Å². The van der Waals surface area contributed by atoms with Crippen LogP contribution in [-0.4, -0.2) is 74.9 Å². The number of hydrogen-bond donors (Lipinski definition) is 1. The highest BCUT2D eigenvalue weighted by atomic mass is 31.2. The number of hydrogen-bond acceptors (Lipinski definition) is 7. The summed E-state index contributed by atoms with van der Waals surface area (Å²) in [6, 6.07) is 0. The molecule has 0 aliphatic carbocycles. The molecule has 0 saturated heterocycles. The topological polar surface area (TPSA) is 108 Å². The number of carbonyl (C=O) groups is 2. The van der Waals surface area contributed by atoms with Gasteiger partial charge in [0.25, 0.3) is 0 Å². The number of unbranched alkanes of at least 4 members (excludes halogenated alkanes) is 11. The number of likely N-dealkylation sites (N-methyl/N-ethyl adjacent to an activating group) is 1. The number of phosphoric ester groups is 1. The highest BCUT2D eigenvalue weighted by Gasteiger charge is 2.27. The summed E-state index contributed by atoms with van der Waals surface area (Å²) >= 11 is 0. The fourth-order valence-corrected chi connectivity index (χ4v) is 6.11. The molecule has 0 rings (SSSR count). The minimum absolute atomic E-state index is 0.00975. The number of carbonyl (C=O) groups excluding carboxylic acids is 2. The van der Waals surface area contributed by atoms with Gasteiger partial charge in [0.15, 0.2) is 6.10 Å². The molecule has 0 spiro atoms. The van der Waals surface area contributed by atoms with Crippen molar-refractivity contribution in [2.45, 2.75) is 161 Å². The first-order chi connectivity index (χ1) is 28.0. The Labute approximate surface area is 354 Å². The Balaban J connectivity index is 4.55. The van der Waals surface area contributed by atoms with E-state index in [1.807, 2.05) is 27.2 Å².